The van der Waals surface area contributed by atoms with Gasteiger partial charge in [0.25, 0.3) is 0 Å². The maximum absolute atomic E-state index is 11.6. The van der Waals surface area contributed by atoms with Crippen LogP contribution < -0.4 is 5.32 Å². The van der Waals surface area contributed by atoms with Crippen molar-refractivity contribution in [2.45, 2.75) is 53.2 Å². The molecule has 1 N–H and O–H groups in total. The summed E-state index contributed by atoms with van der Waals surface area (Å²) in [5.41, 5.74) is 0. The van der Waals surface area contributed by atoms with Crippen LogP contribution in [0.3, 0.4) is 0 Å². The number of carbonyl (C=O) groups excluding carboxylic acids is 1. The summed E-state index contributed by atoms with van der Waals surface area (Å²) in [6.07, 6.45) is 0.714. The van der Waals surface area contributed by atoms with E-state index in [0.717, 1.165) is 6.54 Å². The van der Waals surface area contributed by atoms with Crippen molar-refractivity contribution in [2.75, 3.05) is 6.54 Å². The molecule has 0 aromatic rings. The number of carbonyl (C=O) groups is 1. The number of amides is 1. The van der Waals surface area contributed by atoms with Crippen molar-refractivity contribution >= 4 is 5.91 Å². The zero-order valence-corrected chi connectivity index (χ0v) is 9.42. The van der Waals surface area contributed by atoms with Crippen molar-refractivity contribution in [2.24, 2.45) is 0 Å². The SMILES string of the molecule is CCNC(C)N(C(=O)CC)C(C)C. The molecule has 13 heavy (non-hydrogen) atoms. The largest absolute Gasteiger partial charge is 0.325 e. The van der Waals surface area contributed by atoms with Crippen molar-refractivity contribution in [3.05, 3.63) is 0 Å². The third-order valence-corrected chi connectivity index (χ3v) is 2.06. The highest BCUT2D eigenvalue weighted by molar-refractivity contribution is 5.76. The van der Waals surface area contributed by atoms with Crippen molar-refractivity contribution in [1.82, 2.24) is 10.2 Å². The topological polar surface area (TPSA) is 32.3 Å². The molecule has 1 amide bonds. The molecule has 0 saturated heterocycles. The minimum absolute atomic E-state index is 0.137. The molecule has 0 aliphatic rings. The smallest absolute Gasteiger partial charge is 0.223 e. The predicted molar refractivity (Wildman–Crippen MR) is 55.4 cm³/mol. The lowest BCUT2D eigenvalue weighted by atomic mass is 10.2. The Morgan fingerprint density at radius 2 is 1.85 bits per heavy atom. The minimum Gasteiger partial charge on any atom is -0.325 e. The van der Waals surface area contributed by atoms with E-state index in [4.69, 9.17) is 0 Å². The van der Waals surface area contributed by atoms with Gasteiger partial charge in [0.15, 0.2) is 0 Å². The lowest BCUT2D eigenvalue weighted by Gasteiger charge is -2.33. The number of nitrogens with one attached hydrogen (secondary N) is 1. The van der Waals surface area contributed by atoms with Crippen LogP contribution in [-0.2, 0) is 4.79 Å². The van der Waals surface area contributed by atoms with Crippen LogP contribution in [-0.4, -0.2) is 29.6 Å². The van der Waals surface area contributed by atoms with Crippen molar-refractivity contribution < 1.29 is 4.79 Å². The number of rotatable bonds is 5. The Balaban J connectivity index is 4.32. The standard InChI is InChI=1S/C10H22N2O/c1-6-10(13)12(8(3)4)9(5)11-7-2/h8-9,11H,6-7H2,1-5H3. The first kappa shape index (κ1) is 12.4. The Kier molecular flexibility index (Phi) is 5.71. The Hall–Kier alpha value is -0.570. The molecule has 0 bridgehead atoms. The third-order valence-electron chi connectivity index (χ3n) is 2.06. The van der Waals surface area contributed by atoms with Gasteiger partial charge in [0.2, 0.25) is 5.91 Å². The summed E-state index contributed by atoms with van der Waals surface area (Å²) < 4.78 is 0. The molecule has 3 heteroatoms. The van der Waals surface area contributed by atoms with E-state index in [1.54, 1.807) is 0 Å². The van der Waals surface area contributed by atoms with Crippen LogP contribution in [0, 0.1) is 0 Å². The summed E-state index contributed by atoms with van der Waals surface area (Å²) in [5.74, 6) is 0.212. The van der Waals surface area contributed by atoms with Gasteiger partial charge in [-0.15, -0.1) is 0 Å². The van der Waals surface area contributed by atoms with Gasteiger partial charge < -0.3 is 4.90 Å². The quantitative estimate of drug-likeness (QED) is 0.661. The zero-order valence-electron chi connectivity index (χ0n) is 9.42. The van der Waals surface area contributed by atoms with Gasteiger partial charge in [0.1, 0.15) is 0 Å². The summed E-state index contributed by atoms with van der Waals surface area (Å²) in [6, 6.07) is 0.265. The van der Waals surface area contributed by atoms with Crippen LogP contribution >= 0.6 is 0 Å². The van der Waals surface area contributed by atoms with E-state index in [1.807, 2.05) is 39.5 Å². The average molecular weight is 186 g/mol. The molecule has 0 saturated carbocycles. The molecule has 0 radical (unpaired) electrons. The summed E-state index contributed by atoms with van der Waals surface area (Å²) >= 11 is 0. The summed E-state index contributed by atoms with van der Waals surface area (Å²) in [7, 11) is 0. The van der Waals surface area contributed by atoms with Gasteiger partial charge >= 0.3 is 0 Å². The molecular weight excluding hydrogens is 164 g/mol. The van der Waals surface area contributed by atoms with E-state index in [2.05, 4.69) is 5.32 Å². The van der Waals surface area contributed by atoms with Crippen LogP contribution in [0.15, 0.2) is 0 Å². The molecule has 0 heterocycles. The van der Waals surface area contributed by atoms with Gasteiger partial charge in [-0.1, -0.05) is 13.8 Å². The molecule has 0 aliphatic carbocycles. The molecule has 0 aromatic heterocycles. The highest BCUT2D eigenvalue weighted by atomic mass is 16.2. The highest BCUT2D eigenvalue weighted by Gasteiger charge is 2.20. The monoisotopic (exact) mass is 186 g/mol. The average Bonchev–Trinajstić information content (AvgIpc) is 2.04. The van der Waals surface area contributed by atoms with E-state index in [1.165, 1.54) is 0 Å². The van der Waals surface area contributed by atoms with Gasteiger partial charge in [0.05, 0.1) is 6.17 Å². The van der Waals surface area contributed by atoms with E-state index in [0.29, 0.717) is 6.42 Å². The molecule has 0 aliphatic heterocycles. The fourth-order valence-corrected chi connectivity index (χ4v) is 1.53. The Morgan fingerprint density at radius 3 is 2.15 bits per heavy atom. The fourth-order valence-electron chi connectivity index (χ4n) is 1.53. The maximum atomic E-state index is 11.6. The van der Waals surface area contributed by atoms with E-state index < -0.39 is 0 Å². The van der Waals surface area contributed by atoms with Crippen molar-refractivity contribution in [3.8, 4) is 0 Å². The van der Waals surface area contributed by atoms with E-state index >= 15 is 0 Å². The summed E-state index contributed by atoms with van der Waals surface area (Å²) in [4.78, 5) is 13.4. The van der Waals surface area contributed by atoms with Crippen LogP contribution in [0.4, 0.5) is 0 Å². The second-order valence-electron chi connectivity index (χ2n) is 3.48. The molecule has 0 aromatic carbocycles. The fraction of sp³-hybridized carbons (Fsp3) is 0.900. The van der Waals surface area contributed by atoms with Gasteiger partial charge in [-0.3, -0.25) is 10.1 Å². The Labute approximate surface area is 81.5 Å². The van der Waals surface area contributed by atoms with E-state index in [-0.39, 0.29) is 18.1 Å². The minimum atomic E-state index is 0.137. The molecule has 3 nitrogen and oxygen atoms in total. The van der Waals surface area contributed by atoms with Crippen molar-refractivity contribution in [3.63, 3.8) is 0 Å². The second-order valence-corrected chi connectivity index (χ2v) is 3.48. The normalized spacial score (nSPS) is 13.1. The first-order chi connectivity index (χ1) is 6.04. The van der Waals surface area contributed by atoms with Crippen molar-refractivity contribution in [1.29, 1.82) is 0 Å². The van der Waals surface area contributed by atoms with Crippen LogP contribution in [0.25, 0.3) is 0 Å². The van der Waals surface area contributed by atoms with E-state index in [9.17, 15) is 4.79 Å². The van der Waals surface area contributed by atoms with Crippen LogP contribution in [0.2, 0.25) is 0 Å². The third kappa shape index (κ3) is 3.77. The van der Waals surface area contributed by atoms with Gasteiger partial charge in [-0.2, -0.15) is 0 Å². The zero-order chi connectivity index (χ0) is 10.4. The molecule has 0 spiro atoms. The number of hydrogen-bond donors (Lipinski definition) is 1. The van der Waals surface area contributed by atoms with Gasteiger partial charge in [-0.05, 0) is 27.3 Å². The first-order valence-electron chi connectivity index (χ1n) is 5.09. The molecule has 1 atom stereocenters. The molecule has 78 valence electrons. The van der Waals surface area contributed by atoms with Crippen LogP contribution in [0.1, 0.15) is 41.0 Å². The molecule has 0 rings (SSSR count). The number of nitrogens with zero attached hydrogens (tertiary/aromatic N) is 1. The first-order valence-corrected chi connectivity index (χ1v) is 5.09. The second kappa shape index (κ2) is 5.97. The van der Waals surface area contributed by atoms with Gasteiger partial charge in [0, 0.05) is 12.5 Å². The summed E-state index contributed by atoms with van der Waals surface area (Å²) in [5, 5.41) is 3.25. The van der Waals surface area contributed by atoms with Crippen LogP contribution in [0.5, 0.6) is 0 Å². The lowest BCUT2D eigenvalue weighted by Crippen LogP contribution is -2.50. The molecular formula is C10H22N2O. The maximum Gasteiger partial charge on any atom is 0.223 e. The molecule has 1 unspecified atom stereocenters. The predicted octanol–water partition coefficient (Wildman–Crippen LogP) is 1.59. The highest BCUT2D eigenvalue weighted by Crippen LogP contribution is 2.05. The Bertz CT molecular complexity index is 157. The summed E-state index contributed by atoms with van der Waals surface area (Å²) in [6.45, 7) is 10.9. The Morgan fingerprint density at radius 1 is 1.31 bits per heavy atom. The molecule has 0 fully saturated rings. The lowest BCUT2D eigenvalue weighted by molar-refractivity contribution is -0.135. The number of hydrogen-bond acceptors (Lipinski definition) is 2. The van der Waals surface area contributed by atoms with Gasteiger partial charge in [-0.25, -0.2) is 0 Å².